The summed E-state index contributed by atoms with van der Waals surface area (Å²) in [5, 5.41) is 2.41. The fourth-order valence-electron chi connectivity index (χ4n) is 1.54. The number of amides is 1. The summed E-state index contributed by atoms with van der Waals surface area (Å²) >= 11 is 11.7. The van der Waals surface area contributed by atoms with E-state index in [1.165, 1.54) is 6.07 Å². The standard InChI is InChI=1S/C12H14Cl3NO4S/c1-3-20-6-7(2)16-12(17)9-4-8(13)5-10(11(9)14)21(15,18)19/h4-5,7H,3,6H2,1-2H3,(H,16,17). The molecule has 0 saturated heterocycles. The first kappa shape index (κ1) is 18.5. The Kier molecular flexibility index (Phi) is 6.74. The molecule has 1 rings (SSSR count). The van der Waals surface area contributed by atoms with Gasteiger partial charge in [-0.25, -0.2) is 8.42 Å². The normalized spacial score (nSPS) is 13.0. The lowest BCUT2D eigenvalue weighted by Gasteiger charge is -2.15. The summed E-state index contributed by atoms with van der Waals surface area (Å²) in [5.41, 5.74) is -0.0632. The van der Waals surface area contributed by atoms with Crippen molar-refractivity contribution in [3.8, 4) is 0 Å². The van der Waals surface area contributed by atoms with Gasteiger partial charge in [-0.1, -0.05) is 23.2 Å². The minimum Gasteiger partial charge on any atom is -0.380 e. The predicted molar refractivity (Wildman–Crippen MR) is 82.9 cm³/mol. The molecule has 21 heavy (non-hydrogen) atoms. The van der Waals surface area contributed by atoms with Crippen LogP contribution < -0.4 is 5.32 Å². The monoisotopic (exact) mass is 373 g/mol. The first-order chi connectivity index (χ1) is 9.66. The number of carbonyl (C=O) groups excluding carboxylic acids is 1. The van der Waals surface area contributed by atoms with Crippen molar-refractivity contribution in [2.24, 2.45) is 0 Å². The lowest BCUT2D eigenvalue weighted by Crippen LogP contribution is -2.36. The Hall–Kier alpha value is -0.530. The lowest BCUT2D eigenvalue weighted by molar-refractivity contribution is 0.0872. The largest absolute Gasteiger partial charge is 0.380 e. The third kappa shape index (κ3) is 5.30. The molecule has 1 N–H and O–H groups in total. The summed E-state index contributed by atoms with van der Waals surface area (Å²) in [4.78, 5) is 11.7. The third-order valence-electron chi connectivity index (χ3n) is 2.46. The molecule has 0 bridgehead atoms. The van der Waals surface area contributed by atoms with Crippen LogP contribution in [0.15, 0.2) is 17.0 Å². The zero-order chi connectivity index (χ0) is 16.2. The number of benzene rings is 1. The molecule has 0 fully saturated rings. The van der Waals surface area contributed by atoms with Crippen molar-refractivity contribution in [1.82, 2.24) is 5.32 Å². The van der Waals surface area contributed by atoms with Gasteiger partial charge in [-0.05, 0) is 26.0 Å². The van der Waals surface area contributed by atoms with E-state index in [1.54, 1.807) is 6.92 Å². The highest BCUT2D eigenvalue weighted by atomic mass is 35.7. The Balaban J connectivity index is 3.08. The Morgan fingerprint density at radius 1 is 1.38 bits per heavy atom. The summed E-state index contributed by atoms with van der Waals surface area (Å²) in [6.45, 7) is 4.42. The van der Waals surface area contributed by atoms with Gasteiger partial charge in [0.05, 0.1) is 17.2 Å². The summed E-state index contributed by atoms with van der Waals surface area (Å²) < 4.78 is 28.0. The van der Waals surface area contributed by atoms with E-state index in [9.17, 15) is 13.2 Å². The molecule has 0 aliphatic rings. The number of hydrogen-bond donors (Lipinski definition) is 1. The second-order valence-corrected chi connectivity index (χ2v) is 7.59. The van der Waals surface area contributed by atoms with E-state index >= 15 is 0 Å². The van der Waals surface area contributed by atoms with E-state index in [0.717, 1.165) is 6.07 Å². The van der Waals surface area contributed by atoms with E-state index < -0.39 is 19.9 Å². The van der Waals surface area contributed by atoms with E-state index in [2.05, 4.69) is 5.32 Å². The maximum atomic E-state index is 12.1. The number of hydrogen-bond acceptors (Lipinski definition) is 4. The molecule has 0 heterocycles. The Morgan fingerprint density at radius 3 is 2.52 bits per heavy atom. The average Bonchev–Trinajstić information content (AvgIpc) is 2.37. The van der Waals surface area contributed by atoms with Gasteiger partial charge >= 0.3 is 0 Å². The summed E-state index contributed by atoms with van der Waals surface area (Å²) in [6.07, 6.45) is 0. The Morgan fingerprint density at radius 2 is 2.00 bits per heavy atom. The second kappa shape index (κ2) is 7.65. The van der Waals surface area contributed by atoms with Crippen molar-refractivity contribution in [1.29, 1.82) is 0 Å². The van der Waals surface area contributed by atoms with Gasteiger partial charge in [-0.3, -0.25) is 4.79 Å². The highest BCUT2D eigenvalue weighted by Crippen LogP contribution is 2.31. The highest BCUT2D eigenvalue weighted by Gasteiger charge is 2.23. The van der Waals surface area contributed by atoms with Crippen LogP contribution in [0.1, 0.15) is 24.2 Å². The summed E-state index contributed by atoms with van der Waals surface area (Å²) in [6, 6.07) is 2.09. The van der Waals surface area contributed by atoms with Crippen LogP contribution >= 0.6 is 33.9 Å². The van der Waals surface area contributed by atoms with Crippen LogP contribution in [0.5, 0.6) is 0 Å². The van der Waals surface area contributed by atoms with Gasteiger partial charge in [-0.2, -0.15) is 0 Å². The molecule has 0 aromatic heterocycles. The van der Waals surface area contributed by atoms with Crippen LogP contribution in [0.4, 0.5) is 0 Å². The van der Waals surface area contributed by atoms with Crippen molar-refractivity contribution in [2.45, 2.75) is 24.8 Å². The summed E-state index contributed by atoms with van der Waals surface area (Å²) in [7, 11) is 1.16. The van der Waals surface area contributed by atoms with Crippen molar-refractivity contribution in [3.05, 3.63) is 27.7 Å². The van der Waals surface area contributed by atoms with Gasteiger partial charge in [-0.15, -0.1) is 0 Å². The molecule has 0 saturated carbocycles. The van der Waals surface area contributed by atoms with Crippen molar-refractivity contribution in [2.75, 3.05) is 13.2 Å². The van der Waals surface area contributed by atoms with Crippen LogP contribution in [0.2, 0.25) is 10.0 Å². The second-order valence-electron chi connectivity index (χ2n) is 4.24. The molecule has 1 amide bonds. The van der Waals surface area contributed by atoms with Gasteiger partial charge in [0, 0.05) is 28.4 Å². The van der Waals surface area contributed by atoms with Crippen LogP contribution in [0.3, 0.4) is 0 Å². The van der Waals surface area contributed by atoms with Crippen molar-refractivity contribution in [3.63, 3.8) is 0 Å². The zero-order valence-corrected chi connectivity index (χ0v) is 14.4. The molecule has 0 radical (unpaired) electrons. The van der Waals surface area contributed by atoms with E-state index in [4.69, 9.17) is 38.6 Å². The molecule has 9 heteroatoms. The van der Waals surface area contributed by atoms with Crippen LogP contribution in [0.25, 0.3) is 0 Å². The molecule has 1 aromatic rings. The van der Waals surface area contributed by atoms with E-state index in [1.807, 2.05) is 6.92 Å². The molecule has 118 valence electrons. The molecular formula is C12H14Cl3NO4S. The predicted octanol–water partition coefficient (Wildman–Crippen LogP) is 3.08. The Bertz CT molecular complexity index is 634. The minimum absolute atomic E-state index is 0.0428. The number of rotatable bonds is 6. The molecule has 1 atom stereocenters. The molecule has 0 aliphatic heterocycles. The molecular weight excluding hydrogens is 361 g/mol. The molecule has 1 aromatic carbocycles. The maximum Gasteiger partial charge on any atom is 0.262 e. The Labute approximate surface area is 137 Å². The number of halogens is 3. The zero-order valence-electron chi connectivity index (χ0n) is 11.3. The first-order valence-corrected chi connectivity index (χ1v) is 9.05. The van der Waals surface area contributed by atoms with Crippen molar-refractivity contribution < 1.29 is 17.9 Å². The van der Waals surface area contributed by atoms with Gasteiger partial charge in [0.2, 0.25) is 0 Å². The third-order valence-corrected chi connectivity index (χ3v) is 4.54. The van der Waals surface area contributed by atoms with Gasteiger partial charge in [0.1, 0.15) is 4.90 Å². The highest BCUT2D eigenvalue weighted by molar-refractivity contribution is 8.13. The maximum absolute atomic E-state index is 12.1. The molecule has 5 nitrogen and oxygen atoms in total. The van der Waals surface area contributed by atoms with Gasteiger partial charge in [0.25, 0.3) is 15.0 Å². The smallest absolute Gasteiger partial charge is 0.262 e. The van der Waals surface area contributed by atoms with E-state index in [-0.39, 0.29) is 21.7 Å². The van der Waals surface area contributed by atoms with Crippen LogP contribution in [-0.2, 0) is 13.8 Å². The fraction of sp³-hybridized carbons (Fsp3) is 0.417. The fourth-order valence-corrected chi connectivity index (χ4v) is 3.40. The molecule has 0 spiro atoms. The number of nitrogens with one attached hydrogen (secondary N) is 1. The lowest BCUT2D eigenvalue weighted by atomic mass is 10.2. The molecule has 0 aliphatic carbocycles. The summed E-state index contributed by atoms with van der Waals surface area (Å²) in [5.74, 6) is -0.559. The number of carbonyl (C=O) groups is 1. The van der Waals surface area contributed by atoms with Crippen LogP contribution in [0, 0.1) is 0 Å². The van der Waals surface area contributed by atoms with Crippen molar-refractivity contribution >= 4 is 48.8 Å². The average molecular weight is 375 g/mol. The van der Waals surface area contributed by atoms with E-state index in [0.29, 0.717) is 13.2 Å². The topological polar surface area (TPSA) is 72.5 Å². The minimum atomic E-state index is -4.10. The van der Waals surface area contributed by atoms with Gasteiger partial charge < -0.3 is 10.1 Å². The van der Waals surface area contributed by atoms with Crippen LogP contribution in [-0.4, -0.2) is 33.6 Å². The number of ether oxygens (including phenoxy) is 1. The first-order valence-electron chi connectivity index (χ1n) is 5.99. The quantitative estimate of drug-likeness (QED) is 0.777. The van der Waals surface area contributed by atoms with Gasteiger partial charge in [0.15, 0.2) is 0 Å². The molecule has 1 unspecified atom stereocenters. The SMILES string of the molecule is CCOCC(C)NC(=O)c1cc(Cl)cc(S(=O)(=O)Cl)c1Cl.